The zero-order valence-electron chi connectivity index (χ0n) is 10.5. The highest BCUT2D eigenvalue weighted by Crippen LogP contribution is 2.23. The summed E-state index contributed by atoms with van der Waals surface area (Å²) in [6.45, 7) is 0. The van der Waals surface area contributed by atoms with Gasteiger partial charge in [-0.2, -0.15) is 5.10 Å². The zero-order valence-corrected chi connectivity index (χ0v) is 11.3. The molecule has 0 spiro atoms. The minimum atomic E-state index is 0.812. The van der Waals surface area contributed by atoms with Crippen molar-refractivity contribution in [1.29, 1.82) is 0 Å². The number of nitrogens with zero attached hydrogens (tertiary/aromatic N) is 2. The average molecular weight is 270 g/mol. The predicted molar refractivity (Wildman–Crippen MR) is 80.3 cm³/mol. The summed E-state index contributed by atoms with van der Waals surface area (Å²) < 4.78 is 3.17. The third kappa shape index (κ3) is 2.20. The van der Waals surface area contributed by atoms with Gasteiger partial charge < -0.3 is 15.7 Å². The van der Waals surface area contributed by atoms with E-state index in [1.165, 1.54) is 4.70 Å². The number of anilines is 2. The fraction of sp³-hybridized carbons (Fsp3) is 0.0714. The second kappa shape index (κ2) is 4.78. The zero-order chi connectivity index (χ0) is 13.2. The molecule has 0 unspecified atom stereocenters. The van der Waals surface area contributed by atoms with Gasteiger partial charge in [0.1, 0.15) is 0 Å². The Morgan fingerprint density at radius 3 is 2.63 bits per heavy atom. The third-order valence-corrected chi connectivity index (χ3v) is 4.11. The molecule has 0 atom stereocenters. The van der Waals surface area contributed by atoms with Crippen LogP contribution in [0.15, 0.2) is 53.6 Å². The Morgan fingerprint density at radius 2 is 1.89 bits per heavy atom. The Hall–Kier alpha value is -2.27. The second-order valence-electron chi connectivity index (χ2n) is 4.25. The molecule has 0 saturated heterocycles. The van der Waals surface area contributed by atoms with Gasteiger partial charge in [0.15, 0.2) is 0 Å². The maximum atomic E-state index is 5.38. The summed E-state index contributed by atoms with van der Waals surface area (Å²) in [5.41, 5.74) is 3.24. The van der Waals surface area contributed by atoms with Crippen LogP contribution in [-0.2, 0) is 7.05 Å². The molecule has 3 aromatic rings. The van der Waals surface area contributed by atoms with Crippen LogP contribution in [0.5, 0.6) is 0 Å². The molecule has 3 N–H and O–H groups in total. The van der Waals surface area contributed by atoms with Crippen molar-refractivity contribution in [3.8, 4) is 0 Å². The van der Waals surface area contributed by atoms with Crippen molar-refractivity contribution in [2.75, 3.05) is 5.32 Å². The summed E-state index contributed by atoms with van der Waals surface area (Å²) in [5, 5.41) is 7.16. The topological polar surface area (TPSA) is 55.3 Å². The molecule has 3 rings (SSSR count). The Labute approximate surface area is 114 Å². The molecule has 96 valence electrons. The van der Waals surface area contributed by atoms with Crippen molar-refractivity contribution in [1.82, 2.24) is 4.57 Å². The molecular formula is C14H14N4S. The predicted octanol–water partition coefficient (Wildman–Crippen LogP) is 2.76. The summed E-state index contributed by atoms with van der Waals surface area (Å²) in [7, 11) is 1.97. The number of fused-ring (bicyclic) bond motifs is 1. The lowest BCUT2D eigenvalue weighted by atomic mass is 10.2. The SMILES string of the molecule is Cn1c(=NN)sc2ccc(Nc3ccccc3)cc21. The number of nitrogens with one attached hydrogen (secondary N) is 1. The highest BCUT2D eigenvalue weighted by Gasteiger charge is 2.04. The Kier molecular flexibility index (Phi) is 2.97. The first-order valence-corrected chi connectivity index (χ1v) is 6.75. The van der Waals surface area contributed by atoms with Gasteiger partial charge in [0.05, 0.1) is 10.2 Å². The normalized spacial score (nSPS) is 11.9. The van der Waals surface area contributed by atoms with Crippen LogP contribution >= 0.6 is 11.3 Å². The maximum Gasteiger partial charge on any atom is 0.208 e. The number of hydrogen-bond donors (Lipinski definition) is 2. The number of aromatic nitrogens is 1. The van der Waals surface area contributed by atoms with E-state index in [0.717, 1.165) is 21.7 Å². The van der Waals surface area contributed by atoms with Gasteiger partial charge in [-0.15, -0.1) is 0 Å². The standard InChI is InChI=1S/C14H14N4S/c1-18-12-9-11(16-10-5-3-2-4-6-10)7-8-13(12)19-14(18)17-15/h2-9,16H,15H2,1H3. The lowest BCUT2D eigenvalue weighted by molar-refractivity contribution is 0.888. The van der Waals surface area contributed by atoms with Crippen LogP contribution in [0.2, 0.25) is 0 Å². The molecule has 0 radical (unpaired) electrons. The van der Waals surface area contributed by atoms with Gasteiger partial charge in [0, 0.05) is 18.4 Å². The van der Waals surface area contributed by atoms with E-state index >= 15 is 0 Å². The minimum absolute atomic E-state index is 0.812. The number of para-hydroxylation sites is 1. The summed E-state index contributed by atoms with van der Waals surface area (Å²) in [4.78, 5) is 0.812. The van der Waals surface area contributed by atoms with Gasteiger partial charge in [-0.3, -0.25) is 0 Å². The molecule has 0 fully saturated rings. The van der Waals surface area contributed by atoms with Gasteiger partial charge in [-0.05, 0) is 30.3 Å². The lowest BCUT2D eigenvalue weighted by Crippen LogP contribution is -2.12. The van der Waals surface area contributed by atoms with Gasteiger partial charge in [0.25, 0.3) is 0 Å². The molecule has 0 aliphatic carbocycles. The second-order valence-corrected chi connectivity index (χ2v) is 5.26. The van der Waals surface area contributed by atoms with E-state index in [0.29, 0.717) is 0 Å². The van der Waals surface area contributed by atoms with E-state index in [1.54, 1.807) is 11.3 Å². The average Bonchev–Trinajstić information content (AvgIpc) is 2.77. The van der Waals surface area contributed by atoms with Gasteiger partial charge in [0.2, 0.25) is 4.80 Å². The molecule has 4 nitrogen and oxygen atoms in total. The van der Waals surface area contributed by atoms with Gasteiger partial charge >= 0.3 is 0 Å². The molecule has 0 saturated carbocycles. The molecule has 5 heteroatoms. The molecule has 19 heavy (non-hydrogen) atoms. The summed E-state index contributed by atoms with van der Waals surface area (Å²) in [6.07, 6.45) is 0. The van der Waals surface area contributed by atoms with Gasteiger partial charge in [-0.25, -0.2) is 0 Å². The van der Waals surface area contributed by atoms with Crippen LogP contribution in [0.3, 0.4) is 0 Å². The van der Waals surface area contributed by atoms with E-state index in [1.807, 2.05) is 41.9 Å². The highest BCUT2D eigenvalue weighted by atomic mass is 32.1. The minimum Gasteiger partial charge on any atom is -0.355 e. The molecule has 1 heterocycles. The van der Waals surface area contributed by atoms with E-state index in [9.17, 15) is 0 Å². The molecule has 0 aliphatic heterocycles. The first-order chi connectivity index (χ1) is 9.28. The largest absolute Gasteiger partial charge is 0.355 e. The molecular weight excluding hydrogens is 256 g/mol. The van der Waals surface area contributed by atoms with Crippen molar-refractivity contribution in [2.45, 2.75) is 0 Å². The molecule has 0 aliphatic rings. The van der Waals surface area contributed by atoms with Crippen LogP contribution in [-0.4, -0.2) is 4.57 Å². The number of aryl methyl sites for hydroxylation is 1. The highest BCUT2D eigenvalue weighted by molar-refractivity contribution is 7.16. The smallest absolute Gasteiger partial charge is 0.208 e. The maximum absolute atomic E-state index is 5.38. The van der Waals surface area contributed by atoms with Crippen LogP contribution in [0.25, 0.3) is 10.2 Å². The molecule has 2 aromatic carbocycles. The van der Waals surface area contributed by atoms with Crippen LogP contribution in [0, 0.1) is 0 Å². The Morgan fingerprint density at radius 1 is 1.11 bits per heavy atom. The van der Waals surface area contributed by atoms with Crippen LogP contribution < -0.4 is 16.0 Å². The summed E-state index contributed by atoms with van der Waals surface area (Å²) in [5.74, 6) is 5.38. The first kappa shape index (κ1) is 11.8. The number of hydrogen-bond acceptors (Lipinski definition) is 4. The van der Waals surface area contributed by atoms with Crippen LogP contribution in [0.1, 0.15) is 0 Å². The number of rotatable bonds is 2. The monoisotopic (exact) mass is 270 g/mol. The summed E-state index contributed by atoms with van der Waals surface area (Å²) in [6, 6.07) is 16.4. The van der Waals surface area contributed by atoms with Crippen molar-refractivity contribution < 1.29 is 0 Å². The first-order valence-electron chi connectivity index (χ1n) is 5.93. The van der Waals surface area contributed by atoms with Crippen LogP contribution in [0.4, 0.5) is 11.4 Å². The molecule has 1 aromatic heterocycles. The van der Waals surface area contributed by atoms with Crippen molar-refractivity contribution in [3.63, 3.8) is 0 Å². The lowest BCUT2D eigenvalue weighted by Gasteiger charge is -2.06. The van der Waals surface area contributed by atoms with Crippen molar-refractivity contribution >= 4 is 32.9 Å². The van der Waals surface area contributed by atoms with E-state index in [4.69, 9.17) is 5.84 Å². The van der Waals surface area contributed by atoms with E-state index < -0.39 is 0 Å². The Bertz CT molecular complexity index is 771. The quantitative estimate of drug-likeness (QED) is 0.555. The van der Waals surface area contributed by atoms with E-state index in [-0.39, 0.29) is 0 Å². The Balaban J connectivity index is 2.04. The van der Waals surface area contributed by atoms with Crippen molar-refractivity contribution in [2.24, 2.45) is 18.0 Å². The van der Waals surface area contributed by atoms with E-state index in [2.05, 4.69) is 28.6 Å². The number of thiazole rings is 1. The molecule has 0 amide bonds. The van der Waals surface area contributed by atoms with Crippen molar-refractivity contribution in [3.05, 3.63) is 53.3 Å². The number of nitrogens with two attached hydrogens (primary N) is 1. The number of benzene rings is 2. The fourth-order valence-corrected chi connectivity index (χ4v) is 2.94. The molecule has 0 bridgehead atoms. The summed E-state index contributed by atoms with van der Waals surface area (Å²) >= 11 is 1.58. The third-order valence-electron chi connectivity index (χ3n) is 2.98. The fourth-order valence-electron chi connectivity index (χ4n) is 2.01. The van der Waals surface area contributed by atoms with Gasteiger partial charge in [-0.1, -0.05) is 29.5 Å².